The van der Waals surface area contributed by atoms with E-state index in [-0.39, 0.29) is 11.5 Å². The maximum absolute atomic E-state index is 13.0. The molecule has 0 aliphatic rings. The van der Waals surface area contributed by atoms with Crippen molar-refractivity contribution in [1.29, 1.82) is 0 Å². The van der Waals surface area contributed by atoms with Crippen LogP contribution < -0.4 is 4.74 Å². The first-order valence-corrected chi connectivity index (χ1v) is 9.85. The SMILES string of the molecule is COc1cccc(-n2nnc(C(=O)/C=C/c3ccccc3)c2/C=C/c2ccccc2)c1. The highest BCUT2D eigenvalue weighted by Crippen LogP contribution is 2.21. The van der Waals surface area contributed by atoms with E-state index in [0.29, 0.717) is 11.4 Å². The van der Waals surface area contributed by atoms with Gasteiger partial charge in [0.1, 0.15) is 5.75 Å². The van der Waals surface area contributed by atoms with Crippen LogP contribution in [-0.4, -0.2) is 27.9 Å². The zero-order valence-electron chi connectivity index (χ0n) is 17.1. The number of methoxy groups -OCH3 is 1. The molecular formula is C26H21N3O2. The monoisotopic (exact) mass is 407 g/mol. The molecule has 5 heteroatoms. The third kappa shape index (κ3) is 4.85. The number of rotatable bonds is 7. The number of allylic oxidation sites excluding steroid dienone is 1. The van der Waals surface area contributed by atoms with Crippen molar-refractivity contribution in [3.8, 4) is 11.4 Å². The van der Waals surface area contributed by atoms with Gasteiger partial charge in [0.05, 0.1) is 18.5 Å². The van der Waals surface area contributed by atoms with Crippen molar-refractivity contribution in [3.05, 3.63) is 114 Å². The van der Waals surface area contributed by atoms with Crippen molar-refractivity contribution in [2.24, 2.45) is 0 Å². The molecule has 0 saturated heterocycles. The zero-order chi connectivity index (χ0) is 21.5. The van der Waals surface area contributed by atoms with Gasteiger partial charge in [-0.1, -0.05) is 84.1 Å². The molecule has 4 aromatic rings. The molecule has 0 saturated carbocycles. The Hall–Kier alpha value is -4.25. The van der Waals surface area contributed by atoms with E-state index in [4.69, 9.17) is 4.74 Å². The minimum Gasteiger partial charge on any atom is -0.497 e. The van der Waals surface area contributed by atoms with Crippen molar-refractivity contribution in [2.45, 2.75) is 0 Å². The maximum Gasteiger partial charge on any atom is 0.208 e. The summed E-state index contributed by atoms with van der Waals surface area (Å²) in [7, 11) is 1.61. The second-order valence-electron chi connectivity index (χ2n) is 6.79. The Morgan fingerprint density at radius 2 is 1.52 bits per heavy atom. The van der Waals surface area contributed by atoms with E-state index in [1.807, 2.05) is 97.1 Å². The predicted molar refractivity (Wildman–Crippen MR) is 123 cm³/mol. The molecule has 1 aromatic heterocycles. The van der Waals surface area contributed by atoms with E-state index < -0.39 is 0 Å². The number of ketones is 1. The molecule has 1 heterocycles. The van der Waals surface area contributed by atoms with Crippen LogP contribution in [-0.2, 0) is 0 Å². The summed E-state index contributed by atoms with van der Waals surface area (Å²) in [6, 6.07) is 27.0. The average Bonchev–Trinajstić information content (AvgIpc) is 3.26. The molecule has 0 aliphatic carbocycles. The highest BCUT2D eigenvalue weighted by Gasteiger charge is 2.17. The standard InChI is InChI=1S/C26H21N3O2/c1-31-23-14-8-13-22(19-23)29-24(17-15-20-9-4-2-5-10-20)26(27-28-29)25(30)18-16-21-11-6-3-7-12-21/h2-19H,1H3/b17-15+,18-16+. The number of carbonyl (C=O) groups is 1. The first kappa shape index (κ1) is 20.0. The molecule has 31 heavy (non-hydrogen) atoms. The molecule has 0 bridgehead atoms. The van der Waals surface area contributed by atoms with Gasteiger partial charge in [-0.25, -0.2) is 4.68 Å². The van der Waals surface area contributed by atoms with E-state index in [2.05, 4.69) is 10.3 Å². The largest absolute Gasteiger partial charge is 0.497 e. The molecule has 0 amide bonds. The van der Waals surface area contributed by atoms with Gasteiger partial charge in [0.25, 0.3) is 0 Å². The van der Waals surface area contributed by atoms with Gasteiger partial charge < -0.3 is 4.74 Å². The number of ether oxygens (including phenoxy) is 1. The third-order valence-electron chi connectivity index (χ3n) is 4.70. The summed E-state index contributed by atoms with van der Waals surface area (Å²) in [6.07, 6.45) is 7.10. The molecule has 0 aliphatic heterocycles. The van der Waals surface area contributed by atoms with Crippen LogP contribution in [0.15, 0.2) is 91.0 Å². The summed E-state index contributed by atoms with van der Waals surface area (Å²) in [6.45, 7) is 0. The second-order valence-corrected chi connectivity index (χ2v) is 6.79. The Bertz CT molecular complexity index is 1230. The first-order chi connectivity index (χ1) is 15.2. The minimum atomic E-state index is -0.217. The number of nitrogens with zero attached hydrogens (tertiary/aromatic N) is 3. The van der Waals surface area contributed by atoms with Crippen LogP contribution in [0.5, 0.6) is 5.75 Å². The first-order valence-electron chi connectivity index (χ1n) is 9.85. The summed E-state index contributed by atoms with van der Waals surface area (Å²) in [5.74, 6) is 0.480. The van der Waals surface area contributed by atoms with Crippen LogP contribution in [0.4, 0.5) is 0 Å². The smallest absolute Gasteiger partial charge is 0.208 e. The van der Waals surface area contributed by atoms with Gasteiger partial charge in [0.2, 0.25) is 5.78 Å². The van der Waals surface area contributed by atoms with Crippen LogP contribution in [0, 0.1) is 0 Å². The van der Waals surface area contributed by atoms with Crippen LogP contribution in [0.2, 0.25) is 0 Å². The highest BCUT2D eigenvalue weighted by molar-refractivity contribution is 6.07. The van der Waals surface area contributed by atoms with Gasteiger partial charge >= 0.3 is 0 Å². The Balaban J connectivity index is 1.74. The van der Waals surface area contributed by atoms with Crippen molar-refractivity contribution in [1.82, 2.24) is 15.0 Å². The van der Waals surface area contributed by atoms with Crippen LogP contribution in [0.25, 0.3) is 23.9 Å². The molecule has 0 spiro atoms. The van der Waals surface area contributed by atoms with Gasteiger partial charge in [-0.15, -0.1) is 5.10 Å². The maximum atomic E-state index is 13.0. The van der Waals surface area contributed by atoms with Gasteiger partial charge in [-0.3, -0.25) is 4.79 Å². The lowest BCUT2D eigenvalue weighted by molar-refractivity contribution is 0.104. The molecule has 152 valence electrons. The summed E-state index contributed by atoms with van der Waals surface area (Å²) in [4.78, 5) is 13.0. The Morgan fingerprint density at radius 1 is 0.839 bits per heavy atom. The topological polar surface area (TPSA) is 57.0 Å². The van der Waals surface area contributed by atoms with Crippen molar-refractivity contribution < 1.29 is 9.53 Å². The number of benzene rings is 3. The minimum absolute atomic E-state index is 0.217. The van der Waals surface area contributed by atoms with E-state index >= 15 is 0 Å². The lowest BCUT2D eigenvalue weighted by Gasteiger charge is -2.06. The lowest BCUT2D eigenvalue weighted by Crippen LogP contribution is -2.02. The van der Waals surface area contributed by atoms with E-state index in [1.165, 1.54) is 6.08 Å². The number of hydrogen-bond acceptors (Lipinski definition) is 4. The molecule has 0 fully saturated rings. The van der Waals surface area contributed by atoms with Crippen molar-refractivity contribution in [3.63, 3.8) is 0 Å². The van der Waals surface area contributed by atoms with E-state index in [0.717, 1.165) is 16.8 Å². The number of hydrogen-bond donors (Lipinski definition) is 0. The van der Waals surface area contributed by atoms with Gasteiger partial charge in [0, 0.05) is 6.07 Å². The van der Waals surface area contributed by atoms with Crippen molar-refractivity contribution >= 4 is 24.0 Å². The fraction of sp³-hybridized carbons (Fsp3) is 0.0385. The van der Waals surface area contributed by atoms with Crippen LogP contribution >= 0.6 is 0 Å². The fourth-order valence-electron chi connectivity index (χ4n) is 3.10. The number of aromatic nitrogens is 3. The molecular weight excluding hydrogens is 386 g/mol. The normalized spacial score (nSPS) is 11.3. The highest BCUT2D eigenvalue weighted by atomic mass is 16.5. The summed E-state index contributed by atoms with van der Waals surface area (Å²) in [5.41, 5.74) is 3.59. The fourth-order valence-corrected chi connectivity index (χ4v) is 3.10. The molecule has 4 rings (SSSR count). The van der Waals surface area contributed by atoms with Crippen molar-refractivity contribution in [2.75, 3.05) is 7.11 Å². The van der Waals surface area contributed by atoms with E-state index in [1.54, 1.807) is 17.9 Å². The molecule has 5 nitrogen and oxygen atoms in total. The average molecular weight is 407 g/mol. The summed E-state index contributed by atoms with van der Waals surface area (Å²) < 4.78 is 6.97. The molecule has 0 N–H and O–H groups in total. The second kappa shape index (κ2) is 9.50. The predicted octanol–water partition coefficient (Wildman–Crippen LogP) is 5.34. The van der Waals surface area contributed by atoms with Gasteiger partial charge in [-0.2, -0.15) is 0 Å². The Kier molecular flexibility index (Phi) is 6.14. The van der Waals surface area contributed by atoms with E-state index in [9.17, 15) is 4.79 Å². The lowest BCUT2D eigenvalue weighted by atomic mass is 10.1. The number of carbonyl (C=O) groups excluding carboxylic acids is 1. The van der Waals surface area contributed by atoms with Crippen LogP contribution in [0.1, 0.15) is 27.3 Å². The molecule has 0 radical (unpaired) electrons. The van der Waals surface area contributed by atoms with Gasteiger partial charge in [-0.05, 0) is 35.4 Å². The van der Waals surface area contributed by atoms with Crippen LogP contribution in [0.3, 0.4) is 0 Å². The quantitative estimate of drug-likeness (QED) is 0.306. The van der Waals surface area contributed by atoms with Gasteiger partial charge in [0.15, 0.2) is 5.69 Å². The molecule has 3 aromatic carbocycles. The Morgan fingerprint density at radius 3 is 2.19 bits per heavy atom. The Labute approximate surface area is 180 Å². The summed E-state index contributed by atoms with van der Waals surface area (Å²) in [5, 5.41) is 8.45. The molecule has 0 unspecified atom stereocenters. The zero-order valence-corrected chi connectivity index (χ0v) is 17.1. The third-order valence-corrected chi connectivity index (χ3v) is 4.70. The summed E-state index contributed by atoms with van der Waals surface area (Å²) >= 11 is 0. The molecule has 0 atom stereocenters.